The second-order valence-corrected chi connectivity index (χ2v) is 5.74. The number of nitrogens with one attached hydrogen (secondary N) is 1. The Kier molecular flexibility index (Phi) is 4.01. The summed E-state index contributed by atoms with van der Waals surface area (Å²) in [5.74, 6) is 0.402. The summed E-state index contributed by atoms with van der Waals surface area (Å²) in [4.78, 5) is 24.1. The highest BCUT2D eigenvalue weighted by molar-refractivity contribution is 5.76. The van der Waals surface area contributed by atoms with Gasteiger partial charge in [-0.2, -0.15) is 0 Å². The van der Waals surface area contributed by atoms with Gasteiger partial charge in [0.15, 0.2) is 0 Å². The van der Waals surface area contributed by atoms with Crippen LogP contribution in [0.2, 0.25) is 0 Å². The van der Waals surface area contributed by atoms with Crippen molar-refractivity contribution in [3.63, 3.8) is 0 Å². The molecule has 1 aliphatic carbocycles. The fourth-order valence-electron chi connectivity index (χ4n) is 1.90. The fraction of sp³-hybridized carbons (Fsp3) is 0.833. The maximum Gasteiger partial charge on any atom is 0.317 e. The van der Waals surface area contributed by atoms with E-state index in [0.717, 1.165) is 6.54 Å². The van der Waals surface area contributed by atoms with Crippen LogP contribution in [-0.4, -0.2) is 41.1 Å². The Bertz CT molecular complexity index is 315. The molecule has 5 nitrogen and oxygen atoms in total. The molecule has 98 valence electrons. The lowest BCUT2D eigenvalue weighted by Crippen LogP contribution is -2.50. The molecular formula is C12H22N2O3. The molecule has 2 atom stereocenters. The predicted molar refractivity (Wildman–Crippen MR) is 64.8 cm³/mol. The average Bonchev–Trinajstić information content (AvgIpc) is 2.77. The summed E-state index contributed by atoms with van der Waals surface area (Å²) < 4.78 is 0. The molecule has 2 N–H and O–H groups in total. The van der Waals surface area contributed by atoms with Crippen molar-refractivity contribution in [2.24, 2.45) is 11.8 Å². The van der Waals surface area contributed by atoms with Gasteiger partial charge in [0.1, 0.15) is 0 Å². The molecule has 5 heteroatoms. The van der Waals surface area contributed by atoms with Crippen LogP contribution in [0.15, 0.2) is 0 Å². The largest absolute Gasteiger partial charge is 0.481 e. The van der Waals surface area contributed by atoms with E-state index >= 15 is 0 Å². The van der Waals surface area contributed by atoms with Crippen LogP contribution < -0.4 is 5.32 Å². The van der Waals surface area contributed by atoms with Gasteiger partial charge in [-0.1, -0.05) is 6.92 Å². The molecule has 0 aromatic heterocycles. The van der Waals surface area contributed by atoms with Gasteiger partial charge in [0.2, 0.25) is 0 Å². The predicted octanol–water partition coefficient (Wildman–Crippen LogP) is 1.54. The van der Waals surface area contributed by atoms with Crippen LogP contribution in [0.5, 0.6) is 0 Å². The average molecular weight is 242 g/mol. The van der Waals surface area contributed by atoms with Crippen LogP contribution in [0.4, 0.5) is 4.79 Å². The molecular weight excluding hydrogens is 220 g/mol. The Morgan fingerprint density at radius 2 is 2.00 bits per heavy atom. The molecule has 0 radical (unpaired) electrons. The summed E-state index contributed by atoms with van der Waals surface area (Å²) in [7, 11) is 1.75. The van der Waals surface area contributed by atoms with Crippen molar-refractivity contribution in [1.29, 1.82) is 0 Å². The molecule has 0 spiro atoms. The van der Waals surface area contributed by atoms with E-state index in [0.29, 0.717) is 11.8 Å². The summed E-state index contributed by atoms with van der Waals surface area (Å²) >= 11 is 0. The number of aliphatic carboxylic acids is 1. The molecule has 0 aromatic carbocycles. The third-order valence-electron chi connectivity index (χ3n) is 3.17. The first kappa shape index (κ1) is 13.8. The number of hydrogen-bond acceptors (Lipinski definition) is 2. The lowest BCUT2D eigenvalue weighted by molar-refractivity contribution is -0.138. The molecule has 2 unspecified atom stereocenters. The maximum absolute atomic E-state index is 11.8. The van der Waals surface area contributed by atoms with E-state index in [9.17, 15) is 9.59 Å². The molecule has 2 amide bonds. The number of carboxylic acids is 1. The first-order valence-electron chi connectivity index (χ1n) is 5.96. The third-order valence-corrected chi connectivity index (χ3v) is 3.17. The van der Waals surface area contributed by atoms with Crippen LogP contribution in [0.1, 0.15) is 33.6 Å². The molecule has 0 heterocycles. The van der Waals surface area contributed by atoms with Crippen molar-refractivity contribution in [2.75, 3.05) is 13.6 Å². The standard InChI is InChI=1S/C12H22N2O3/c1-8-5-9(8)7-14(4)11(17)13-12(2,3)6-10(15)16/h8-9H,5-7H2,1-4H3,(H,13,17)(H,15,16). The molecule has 17 heavy (non-hydrogen) atoms. The highest BCUT2D eigenvalue weighted by Crippen LogP contribution is 2.37. The minimum Gasteiger partial charge on any atom is -0.481 e. The van der Waals surface area contributed by atoms with E-state index in [1.54, 1.807) is 25.8 Å². The summed E-state index contributed by atoms with van der Waals surface area (Å²) in [5.41, 5.74) is -0.716. The van der Waals surface area contributed by atoms with E-state index < -0.39 is 11.5 Å². The van der Waals surface area contributed by atoms with Gasteiger partial charge >= 0.3 is 12.0 Å². The van der Waals surface area contributed by atoms with Crippen LogP contribution in [-0.2, 0) is 4.79 Å². The van der Waals surface area contributed by atoms with Gasteiger partial charge < -0.3 is 15.3 Å². The quantitative estimate of drug-likeness (QED) is 0.768. The van der Waals surface area contributed by atoms with Gasteiger partial charge in [-0.15, -0.1) is 0 Å². The van der Waals surface area contributed by atoms with Crippen LogP contribution in [0, 0.1) is 11.8 Å². The monoisotopic (exact) mass is 242 g/mol. The maximum atomic E-state index is 11.8. The Morgan fingerprint density at radius 3 is 2.41 bits per heavy atom. The minimum atomic E-state index is -0.909. The van der Waals surface area contributed by atoms with Gasteiger partial charge in [0.05, 0.1) is 6.42 Å². The van der Waals surface area contributed by atoms with Crippen molar-refractivity contribution in [1.82, 2.24) is 10.2 Å². The second-order valence-electron chi connectivity index (χ2n) is 5.74. The van der Waals surface area contributed by atoms with Crippen molar-refractivity contribution < 1.29 is 14.7 Å². The second kappa shape index (κ2) is 4.94. The van der Waals surface area contributed by atoms with E-state index in [1.807, 2.05) is 0 Å². The number of carbonyl (C=O) groups excluding carboxylic acids is 1. The van der Waals surface area contributed by atoms with Gasteiger partial charge in [0.25, 0.3) is 0 Å². The van der Waals surface area contributed by atoms with Crippen molar-refractivity contribution in [2.45, 2.75) is 39.2 Å². The summed E-state index contributed by atoms with van der Waals surface area (Å²) in [5, 5.41) is 11.5. The van der Waals surface area contributed by atoms with E-state index in [-0.39, 0.29) is 12.5 Å². The molecule has 0 aromatic rings. The van der Waals surface area contributed by atoms with Crippen LogP contribution in [0.25, 0.3) is 0 Å². The minimum absolute atomic E-state index is 0.0770. The third kappa shape index (κ3) is 4.63. The highest BCUT2D eigenvalue weighted by Gasteiger charge is 2.35. The number of carboxylic acid groups (broad SMARTS) is 1. The number of nitrogens with zero attached hydrogens (tertiary/aromatic N) is 1. The van der Waals surface area contributed by atoms with Gasteiger partial charge in [-0.05, 0) is 32.1 Å². The molecule has 1 rings (SSSR count). The number of hydrogen-bond donors (Lipinski definition) is 2. The zero-order valence-electron chi connectivity index (χ0n) is 11.0. The topological polar surface area (TPSA) is 69.6 Å². The fourth-order valence-corrected chi connectivity index (χ4v) is 1.90. The summed E-state index contributed by atoms with van der Waals surface area (Å²) in [6, 6.07) is -0.199. The zero-order valence-corrected chi connectivity index (χ0v) is 11.0. The van der Waals surface area contributed by atoms with Gasteiger partial charge in [-0.25, -0.2) is 4.79 Å². The van der Waals surface area contributed by atoms with Crippen molar-refractivity contribution >= 4 is 12.0 Å². The smallest absolute Gasteiger partial charge is 0.317 e. The number of amides is 2. The molecule has 1 saturated carbocycles. The lowest BCUT2D eigenvalue weighted by atomic mass is 10.0. The summed E-state index contributed by atoms with van der Waals surface area (Å²) in [6.07, 6.45) is 1.10. The Labute approximate surface area is 102 Å². The SMILES string of the molecule is CC1CC1CN(C)C(=O)NC(C)(C)CC(=O)O. The Morgan fingerprint density at radius 1 is 1.47 bits per heavy atom. The van der Waals surface area contributed by atoms with Gasteiger partial charge in [-0.3, -0.25) is 4.79 Å². The number of urea groups is 1. The molecule has 1 aliphatic rings. The van der Waals surface area contributed by atoms with Crippen LogP contribution >= 0.6 is 0 Å². The van der Waals surface area contributed by atoms with E-state index in [4.69, 9.17) is 5.11 Å². The summed E-state index contributed by atoms with van der Waals surface area (Å²) in [6.45, 7) is 6.35. The van der Waals surface area contributed by atoms with Gasteiger partial charge in [0, 0.05) is 19.1 Å². The Hall–Kier alpha value is -1.26. The Balaban J connectivity index is 2.38. The first-order chi connectivity index (χ1) is 7.71. The molecule has 1 fully saturated rings. The number of carbonyl (C=O) groups is 2. The number of rotatable bonds is 5. The van der Waals surface area contributed by atoms with E-state index in [2.05, 4.69) is 12.2 Å². The zero-order chi connectivity index (χ0) is 13.2. The highest BCUT2D eigenvalue weighted by atomic mass is 16.4. The van der Waals surface area contributed by atoms with Crippen molar-refractivity contribution in [3.05, 3.63) is 0 Å². The lowest BCUT2D eigenvalue weighted by Gasteiger charge is -2.28. The van der Waals surface area contributed by atoms with Crippen LogP contribution in [0.3, 0.4) is 0 Å². The van der Waals surface area contributed by atoms with E-state index in [1.165, 1.54) is 6.42 Å². The molecule has 0 saturated heterocycles. The normalized spacial score (nSPS) is 23.1. The van der Waals surface area contributed by atoms with Crippen molar-refractivity contribution in [3.8, 4) is 0 Å². The molecule has 0 bridgehead atoms. The molecule has 0 aliphatic heterocycles. The first-order valence-corrected chi connectivity index (χ1v) is 5.96.